The van der Waals surface area contributed by atoms with Gasteiger partial charge in [0.2, 0.25) is 0 Å². The second-order valence-corrected chi connectivity index (χ2v) is 1.98. The summed E-state index contributed by atoms with van der Waals surface area (Å²) in [7, 11) is 0. The second-order valence-electron chi connectivity index (χ2n) is 1.98. The minimum absolute atomic E-state index is 0.206. The van der Waals surface area contributed by atoms with Crippen LogP contribution in [0.2, 0.25) is 0 Å². The van der Waals surface area contributed by atoms with Gasteiger partial charge >= 0.3 is 0 Å². The molecule has 0 atom stereocenters. The number of aliphatic hydroxyl groups excluding tert-OH is 1. The Bertz CT molecular complexity index is 303. The van der Waals surface area contributed by atoms with Gasteiger partial charge in [0.25, 0.3) is 0 Å². The van der Waals surface area contributed by atoms with Crippen molar-refractivity contribution in [2.75, 3.05) is 0 Å². The molecule has 4 heteroatoms. The minimum atomic E-state index is -0.484. The first-order valence-electron chi connectivity index (χ1n) is 2.88. The van der Waals surface area contributed by atoms with E-state index in [1.54, 1.807) is 0 Å². The summed E-state index contributed by atoms with van der Waals surface area (Å²) in [6.45, 7) is 6.41. The maximum Gasteiger partial charge on any atom is 0.143 e. The molecule has 3 nitrogen and oxygen atoms in total. The lowest BCUT2D eigenvalue weighted by Crippen LogP contribution is -1.91. The Hall–Kier alpha value is -1.58. The van der Waals surface area contributed by atoms with Crippen molar-refractivity contribution in [2.45, 2.75) is 0 Å². The molecule has 0 saturated heterocycles. The fourth-order valence-corrected chi connectivity index (χ4v) is 0.753. The monoisotopic (exact) mass is 154 g/mol. The Balaban J connectivity index is 3.22. The van der Waals surface area contributed by atoms with Gasteiger partial charge in [-0.3, -0.25) is 0 Å². The van der Waals surface area contributed by atoms with Gasteiger partial charge < -0.3 is 5.11 Å². The predicted octanol–water partition coefficient (Wildman–Crippen LogP) is 1.62. The Labute approximate surface area is 63.1 Å². The van der Waals surface area contributed by atoms with Crippen molar-refractivity contribution < 1.29 is 9.50 Å². The van der Waals surface area contributed by atoms with Crippen LogP contribution in [-0.2, 0) is 0 Å². The normalized spacial score (nSPS) is 9.55. The number of hydrogen-bond acceptors (Lipinski definition) is 2. The molecule has 1 aromatic heterocycles. The van der Waals surface area contributed by atoms with Crippen LogP contribution in [0.25, 0.3) is 5.76 Å². The Morgan fingerprint density at radius 2 is 2.36 bits per heavy atom. The summed E-state index contributed by atoms with van der Waals surface area (Å²) in [5.41, 5.74) is 0.206. The molecule has 1 aromatic rings. The number of rotatable bonds is 2. The Morgan fingerprint density at radius 1 is 1.73 bits per heavy atom. The van der Waals surface area contributed by atoms with Crippen LogP contribution >= 0.6 is 0 Å². The van der Waals surface area contributed by atoms with Gasteiger partial charge in [-0.15, -0.1) is 0 Å². The van der Waals surface area contributed by atoms with Crippen molar-refractivity contribution in [1.82, 2.24) is 4.68 Å². The van der Waals surface area contributed by atoms with E-state index in [9.17, 15) is 4.39 Å². The molecule has 0 aliphatic rings. The van der Waals surface area contributed by atoms with Crippen LogP contribution in [0, 0.1) is 5.82 Å². The SMILES string of the molecule is C=Nn1cc(F)cc1C(=C)O. The number of aliphatic hydroxyl groups is 1. The first-order chi connectivity index (χ1) is 5.15. The van der Waals surface area contributed by atoms with Crippen LogP contribution in [-0.4, -0.2) is 16.5 Å². The summed E-state index contributed by atoms with van der Waals surface area (Å²) in [6, 6.07) is 1.12. The minimum Gasteiger partial charge on any atom is -0.506 e. The first kappa shape index (κ1) is 7.53. The first-order valence-corrected chi connectivity index (χ1v) is 2.88. The molecule has 0 unspecified atom stereocenters. The van der Waals surface area contributed by atoms with Crippen molar-refractivity contribution in [2.24, 2.45) is 5.10 Å². The van der Waals surface area contributed by atoms with E-state index in [4.69, 9.17) is 5.11 Å². The van der Waals surface area contributed by atoms with Crippen LogP contribution < -0.4 is 0 Å². The molecule has 58 valence electrons. The lowest BCUT2D eigenvalue weighted by Gasteiger charge is -1.97. The van der Waals surface area contributed by atoms with E-state index in [1.165, 1.54) is 0 Å². The predicted molar refractivity (Wildman–Crippen MR) is 41.0 cm³/mol. The van der Waals surface area contributed by atoms with E-state index >= 15 is 0 Å². The fraction of sp³-hybridized carbons (Fsp3) is 0. The van der Waals surface area contributed by atoms with Crippen LogP contribution in [0.15, 0.2) is 23.9 Å². The van der Waals surface area contributed by atoms with Crippen molar-refractivity contribution >= 4 is 12.5 Å². The van der Waals surface area contributed by atoms with Gasteiger partial charge in [0.15, 0.2) is 0 Å². The van der Waals surface area contributed by atoms with Gasteiger partial charge in [0, 0.05) is 12.8 Å². The zero-order valence-corrected chi connectivity index (χ0v) is 5.79. The van der Waals surface area contributed by atoms with Crippen LogP contribution in [0.4, 0.5) is 4.39 Å². The molecule has 0 saturated carbocycles. The lowest BCUT2D eigenvalue weighted by atomic mass is 10.4. The smallest absolute Gasteiger partial charge is 0.143 e. The van der Waals surface area contributed by atoms with Crippen molar-refractivity contribution in [3.63, 3.8) is 0 Å². The highest BCUT2D eigenvalue weighted by atomic mass is 19.1. The third-order valence-electron chi connectivity index (χ3n) is 1.22. The van der Waals surface area contributed by atoms with Crippen molar-refractivity contribution in [3.05, 3.63) is 30.4 Å². The summed E-state index contributed by atoms with van der Waals surface area (Å²) in [4.78, 5) is 0. The molecule has 0 fully saturated rings. The highest BCUT2D eigenvalue weighted by Crippen LogP contribution is 2.12. The molecule has 0 aliphatic carbocycles. The zero-order chi connectivity index (χ0) is 8.43. The molecular formula is C7H7FN2O. The highest BCUT2D eigenvalue weighted by Gasteiger charge is 2.05. The summed E-state index contributed by atoms with van der Waals surface area (Å²) >= 11 is 0. The molecular weight excluding hydrogens is 147 g/mol. The Morgan fingerprint density at radius 3 is 2.73 bits per heavy atom. The molecule has 0 aliphatic heterocycles. The molecule has 0 aromatic carbocycles. The third kappa shape index (κ3) is 1.29. The van der Waals surface area contributed by atoms with E-state index in [0.29, 0.717) is 0 Å². The van der Waals surface area contributed by atoms with E-state index in [-0.39, 0.29) is 11.5 Å². The van der Waals surface area contributed by atoms with E-state index in [1.807, 2.05) is 0 Å². The van der Waals surface area contributed by atoms with Gasteiger partial charge in [-0.2, -0.15) is 5.10 Å². The maximum absolute atomic E-state index is 12.5. The molecule has 0 radical (unpaired) electrons. The average Bonchev–Trinajstić information content (AvgIpc) is 2.30. The molecule has 1 heterocycles. The molecule has 1 N–H and O–H groups in total. The number of aromatic nitrogens is 1. The third-order valence-corrected chi connectivity index (χ3v) is 1.22. The van der Waals surface area contributed by atoms with Gasteiger partial charge in [0.05, 0.1) is 6.20 Å². The second kappa shape index (κ2) is 2.57. The average molecular weight is 154 g/mol. The molecule has 11 heavy (non-hydrogen) atoms. The lowest BCUT2D eigenvalue weighted by molar-refractivity contribution is 0.506. The van der Waals surface area contributed by atoms with E-state index in [0.717, 1.165) is 16.9 Å². The summed E-state index contributed by atoms with van der Waals surface area (Å²) in [5, 5.41) is 12.3. The highest BCUT2D eigenvalue weighted by molar-refractivity contribution is 5.53. The quantitative estimate of drug-likeness (QED) is 0.510. The standard InChI is InChI=1S/C7H7FN2O/c1-5(11)7-3-6(8)4-10(7)9-2/h3-4,11H,1-2H2. The number of halogens is 1. The van der Waals surface area contributed by atoms with Gasteiger partial charge in [-0.25, -0.2) is 9.07 Å². The van der Waals surface area contributed by atoms with Crippen LogP contribution in [0.3, 0.4) is 0 Å². The summed E-state index contributed by atoms with van der Waals surface area (Å²) in [5.74, 6) is -0.719. The largest absolute Gasteiger partial charge is 0.506 e. The molecule has 1 rings (SSSR count). The number of hydrogen-bond donors (Lipinski definition) is 1. The van der Waals surface area contributed by atoms with E-state index < -0.39 is 5.82 Å². The number of nitrogens with zero attached hydrogens (tertiary/aromatic N) is 2. The maximum atomic E-state index is 12.5. The Kier molecular flexibility index (Phi) is 1.76. The fourth-order valence-electron chi connectivity index (χ4n) is 0.753. The summed E-state index contributed by atoms with van der Waals surface area (Å²) in [6.07, 6.45) is 1.10. The van der Waals surface area contributed by atoms with Crippen molar-refractivity contribution in [3.8, 4) is 0 Å². The van der Waals surface area contributed by atoms with Crippen molar-refractivity contribution in [1.29, 1.82) is 0 Å². The zero-order valence-electron chi connectivity index (χ0n) is 5.79. The van der Waals surface area contributed by atoms with E-state index in [2.05, 4.69) is 18.4 Å². The van der Waals surface area contributed by atoms with Gasteiger partial charge in [-0.05, 0) is 0 Å². The molecule has 0 amide bonds. The van der Waals surface area contributed by atoms with Gasteiger partial charge in [-0.1, -0.05) is 6.58 Å². The summed E-state index contributed by atoms with van der Waals surface area (Å²) < 4.78 is 13.6. The molecule has 0 bridgehead atoms. The van der Waals surface area contributed by atoms with Crippen LogP contribution in [0.1, 0.15) is 5.69 Å². The molecule has 0 spiro atoms. The van der Waals surface area contributed by atoms with Crippen LogP contribution in [0.5, 0.6) is 0 Å². The topological polar surface area (TPSA) is 37.5 Å². The van der Waals surface area contributed by atoms with Gasteiger partial charge in [0.1, 0.15) is 17.3 Å².